The number of fused-ring (bicyclic) bond motifs is 1. The van der Waals surface area contributed by atoms with Crippen molar-refractivity contribution in [2.24, 2.45) is 7.05 Å². The number of aryl methyl sites for hydroxylation is 1. The van der Waals surface area contributed by atoms with E-state index in [2.05, 4.69) is 6.26 Å². The Balaban J connectivity index is 2.60. The predicted octanol–water partition coefficient (Wildman–Crippen LogP) is 2.02. The fourth-order valence-corrected chi connectivity index (χ4v) is 2.47. The standard InChI is InChI=1S/C11H11FNO2S/c1-13-10(7-16(2,14)15)6-8-5-9(12)3-4-11(8)13/h3-6H,2,7H2,1H3. The highest BCUT2D eigenvalue weighted by atomic mass is 32.2. The molecule has 1 aromatic heterocycles. The zero-order valence-electron chi connectivity index (χ0n) is 8.77. The van der Waals surface area contributed by atoms with Gasteiger partial charge in [-0.2, -0.15) is 0 Å². The molecule has 0 saturated carbocycles. The molecule has 0 unspecified atom stereocenters. The van der Waals surface area contributed by atoms with Crippen LogP contribution in [0.3, 0.4) is 0 Å². The molecule has 0 aliphatic carbocycles. The molecular formula is C11H11FNO2S. The molecule has 1 heterocycles. The third kappa shape index (κ3) is 2.09. The van der Waals surface area contributed by atoms with Gasteiger partial charge in [0.2, 0.25) is 0 Å². The lowest BCUT2D eigenvalue weighted by atomic mass is 10.2. The summed E-state index contributed by atoms with van der Waals surface area (Å²) >= 11 is 0. The Hall–Kier alpha value is -1.36. The predicted molar refractivity (Wildman–Crippen MR) is 60.9 cm³/mol. The highest BCUT2D eigenvalue weighted by molar-refractivity contribution is 7.91. The molecular weight excluding hydrogens is 229 g/mol. The monoisotopic (exact) mass is 240 g/mol. The summed E-state index contributed by atoms with van der Waals surface area (Å²) in [7, 11) is -1.57. The van der Waals surface area contributed by atoms with E-state index in [0.717, 1.165) is 5.52 Å². The van der Waals surface area contributed by atoms with E-state index in [0.29, 0.717) is 11.1 Å². The highest BCUT2D eigenvalue weighted by Gasteiger charge is 2.11. The van der Waals surface area contributed by atoms with Crippen molar-refractivity contribution in [3.05, 3.63) is 42.0 Å². The van der Waals surface area contributed by atoms with E-state index in [-0.39, 0.29) is 11.6 Å². The van der Waals surface area contributed by atoms with Gasteiger partial charge in [0.25, 0.3) is 0 Å². The molecule has 0 saturated heterocycles. The molecule has 0 amide bonds. The zero-order valence-corrected chi connectivity index (χ0v) is 9.59. The van der Waals surface area contributed by atoms with E-state index in [1.807, 2.05) is 0 Å². The molecule has 0 bridgehead atoms. The Bertz CT molecular complexity index is 643. The number of rotatable bonds is 2. The summed E-state index contributed by atoms with van der Waals surface area (Å²) in [4.78, 5) is 0. The van der Waals surface area contributed by atoms with Crippen molar-refractivity contribution in [3.63, 3.8) is 0 Å². The minimum Gasteiger partial charge on any atom is -0.347 e. The summed E-state index contributed by atoms with van der Waals surface area (Å²) in [5.41, 5.74) is 1.41. The molecule has 0 spiro atoms. The first kappa shape index (κ1) is 11.1. The largest absolute Gasteiger partial charge is 0.347 e. The van der Waals surface area contributed by atoms with Gasteiger partial charge in [0.15, 0.2) is 9.84 Å². The number of aromatic nitrogens is 1. The molecule has 0 N–H and O–H groups in total. The van der Waals surface area contributed by atoms with Crippen LogP contribution in [0.25, 0.3) is 10.9 Å². The first-order chi connectivity index (χ1) is 7.37. The van der Waals surface area contributed by atoms with Crippen LogP contribution in [-0.2, 0) is 22.6 Å². The van der Waals surface area contributed by atoms with E-state index >= 15 is 0 Å². The molecule has 3 nitrogen and oxygen atoms in total. The molecule has 0 fully saturated rings. The Morgan fingerprint density at radius 2 is 2.06 bits per heavy atom. The molecule has 16 heavy (non-hydrogen) atoms. The molecule has 1 aromatic carbocycles. The SMILES string of the molecule is [CH2]S(=O)(=O)Cc1cc2cc(F)ccc2n1C. The van der Waals surface area contributed by atoms with Crippen molar-refractivity contribution < 1.29 is 12.8 Å². The lowest BCUT2D eigenvalue weighted by molar-refractivity contribution is 0.602. The third-order valence-electron chi connectivity index (χ3n) is 2.47. The van der Waals surface area contributed by atoms with Crippen LogP contribution in [0.2, 0.25) is 0 Å². The number of halogens is 1. The van der Waals surface area contributed by atoms with Crippen molar-refractivity contribution in [1.82, 2.24) is 4.57 Å². The maximum Gasteiger partial charge on any atom is 0.156 e. The number of sulfone groups is 1. The van der Waals surface area contributed by atoms with Gasteiger partial charge in [-0.25, -0.2) is 12.8 Å². The van der Waals surface area contributed by atoms with Gasteiger partial charge < -0.3 is 4.57 Å². The van der Waals surface area contributed by atoms with Crippen LogP contribution >= 0.6 is 0 Å². The Morgan fingerprint density at radius 3 is 2.69 bits per heavy atom. The summed E-state index contributed by atoms with van der Waals surface area (Å²) < 4.78 is 36.9. The smallest absolute Gasteiger partial charge is 0.156 e. The summed E-state index contributed by atoms with van der Waals surface area (Å²) in [5, 5.41) is 0.696. The second kappa shape index (κ2) is 3.59. The highest BCUT2D eigenvalue weighted by Crippen LogP contribution is 2.21. The normalized spacial score (nSPS) is 12.2. The van der Waals surface area contributed by atoms with Crippen LogP contribution in [0.1, 0.15) is 5.69 Å². The van der Waals surface area contributed by atoms with Crippen LogP contribution in [-0.4, -0.2) is 13.0 Å². The summed E-state index contributed by atoms with van der Waals surface area (Å²) in [5.74, 6) is -0.470. The molecule has 2 aromatic rings. The fourth-order valence-electron chi connectivity index (χ4n) is 1.74. The van der Waals surface area contributed by atoms with Gasteiger partial charge in [-0.05, 0) is 24.3 Å². The quantitative estimate of drug-likeness (QED) is 0.805. The van der Waals surface area contributed by atoms with Gasteiger partial charge in [0, 0.05) is 23.6 Å². The van der Waals surface area contributed by atoms with Crippen molar-refractivity contribution in [2.75, 3.05) is 0 Å². The van der Waals surface area contributed by atoms with Gasteiger partial charge >= 0.3 is 0 Å². The van der Waals surface area contributed by atoms with Crippen LogP contribution in [0.4, 0.5) is 4.39 Å². The van der Waals surface area contributed by atoms with Crippen LogP contribution in [0, 0.1) is 12.1 Å². The van der Waals surface area contributed by atoms with Gasteiger partial charge in [-0.1, -0.05) is 0 Å². The van der Waals surface area contributed by atoms with Gasteiger partial charge in [0.05, 0.1) is 12.0 Å². The first-order valence-corrected chi connectivity index (χ1v) is 6.48. The number of hydrogen-bond acceptors (Lipinski definition) is 2. The Morgan fingerprint density at radius 1 is 1.38 bits per heavy atom. The maximum atomic E-state index is 13.0. The summed E-state index contributed by atoms with van der Waals surface area (Å²) in [6, 6.07) is 6.03. The van der Waals surface area contributed by atoms with Gasteiger partial charge in [-0.3, -0.25) is 0 Å². The molecule has 85 valence electrons. The van der Waals surface area contributed by atoms with Crippen LogP contribution in [0.5, 0.6) is 0 Å². The minimum atomic E-state index is -3.32. The van der Waals surface area contributed by atoms with Gasteiger partial charge in [-0.15, -0.1) is 0 Å². The lowest BCUT2D eigenvalue weighted by Crippen LogP contribution is -2.03. The van der Waals surface area contributed by atoms with E-state index < -0.39 is 9.84 Å². The zero-order chi connectivity index (χ0) is 11.9. The average Bonchev–Trinajstić information content (AvgIpc) is 2.40. The van der Waals surface area contributed by atoms with Gasteiger partial charge in [0.1, 0.15) is 5.82 Å². The minimum absolute atomic E-state index is 0.139. The molecule has 5 heteroatoms. The lowest BCUT2D eigenvalue weighted by Gasteiger charge is -2.02. The molecule has 0 aliphatic heterocycles. The van der Waals surface area contributed by atoms with Crippen molar-refractivity contribution in [1.29, 1.82) is 0 Å². The molecule has 1 radical (unpaired) electrons. The van der Waals surface area contributed by atoms with E-state index in [1.54, 1.807) is 23.7 Å². The average molecular weight is 240 g/mol. The molecule has 0 atom stereocenters. The number of hydrogen-bond donors (Lipinski definition) is 0. The number of benzene rings is 1. The fraction of sp³-hybridized carbons (Fsp3) is 0.182. The first-order valence-electron chi connectivity index (χ1n) is 4.66. The van der Waals surface area contributed by atoms with Crippen molar-refractivity contribution in [3.8, 4) is 0 Å². The molecule has 2 rings (SSSR count). The Labute approximate surface area is 93.4 Å². The summed E-state index contributed by atoms with van der Waals surface area (Å²) in [6.07, 6.45) is 3.08. The van der Waals surface area contributed by atoms with E-state index in [1.165, 1.54) is 12.1 Å². The second-order valence-electron chi connectivity index (χ2n) is 3.79. The molecule has 0 aliphatic rings. The Kier molecular flexibility index (Phi) is 2.50. The van der Waals surface area contributed by atoms with Crippen molar-refractivity contribution in [2.45, 2.75) is 5.75 Å². The van der Waals surface area contributed by atoms with E-state index in [9.17, 15) is 12.8 Å². The van der Waals surface area contributed by atoms with E-state index in [4.69, 9.17) is 0 Å². The second-order valence-corrected chi connectivity index (χ2v) is 5.56. The summed E-state index contributed by atoms with van der Waals surface area (Å²) in [6.45, 7) is 0. The maximum absolute atomic E-state index is 13.0. The van der Waals surface area contributed by atoms with Crippen molar-refractivity contribution >= 4 is 20.7 Å². The topological polar surface area (TPSA) is 39.1 Å². The van der Waals surface area contributed by atoms with Crippen LogP contribution < -0.4 is 0 Å². The van der Waals surface area contributed by atoms with Crippen LogP contribution in [0.15, 0.2) is 24.3 Å². The number of nitrogens with zero attached hydrogens (tertiary/aromatic N) is 1. The third-order valence-corrected chi connectivity index (χ3v) is 3.21.